The Morgan fingerprint density at radius 1 is 0.838 bits per heavy atom. The third kappa shape index (κ3) is 5.19. The van der Waals surface area contributed by atoms with Crippen LogP contribution in [0.3, 0.4) is 0 Å². The number of nitrogens with one attached hydrogen (secondary N) is 1. The Bertz CT molecular complexity index is 1400. The Morgan fingerprint density at radius 2 is 1.46 bits per heavy atom. The van der Waals surface area contributed by atoms with Crippen molar-refractivity contribution >= 4 is 12.1 Å². The standard InChI is InChI=1S/C31H27NO5/c1-36-23-11-7-10-22(18-23)21-9-6-8-20(16-21)17-29(30(33)34)32-31(35)37-19-28-26-14-4-2-12-24(26)25-13-3-5-15-27(25)28/h2-16,18,28-29H,17,19H2,1H3,(H,32,35)(H,33,34). The Kier molecular flexibility index (Phi) is 6.90. The molecule has 1 aliphatic carbocycles. The van der Waals surface area contributed by atoms with E-state index < -0.39 is 18.1 Å². The quantitative estimate of drug-likeness (QED) is 0.319. The summed E-state index contributed by atoms with van der Waals surface area (Å²) in [5.74, 6) is -0.482. The number of methoxy groups -OCH3 is 1. The van der Waals surface area contributed by atoms with Crippen LogP contribution in [0, 0.1) is 0 Å². The summed E-state index contributed by atoms with van der Waals surface area (Å²) in [5, 5.41) is 12.3. The molecule has 1 unspecified atom stereocenters. The van der Waals surface area contributed by atoms with Crippen LogP contribution in [0.4, 0.5) is 4.79 Å². The normalized spacial score (nSPS) is 12.8. The average Bonchev–Trinajstić information content (AvgIpc) is 3.25. The molecule has 0 fully saturated rings. The van der Waals surface area contributed by atoms with E-state index >= 15 is 0 Å². The number of ether oxygens (including phenoxy) is 2. The van der Waals surface area contributed by atoms with Gasteiger partial charge in [-0.15, -0.1) is 0 Å². The van der Waals surface area contributed by atoms with Crippen molar-refractivity contribution in [3.8, 4) is 28.0 Å². The Labute approximate surface area is 215 Å². The highest BCUT2D eigenvalue weighted by atomic mass is 16.5. The van der Waals surface area contributed by atoms with Crippen molar-refractivity contribution in [1.82, 2.24) is 5.32 Å². The van der Waals surface area contributed by atoms with Gasteiger partial charge in [0.2, 0.25) is 0 Å². The minimum atomic E-state index is -1.13. The third-order valence-electron chi connectivity index (χ3n) is 6.70. The van der Waals surface area contributed by atoms with Gasteiger partial charge < -0.3 is 19.9 Å². The molecule has 1 atom stereocenters. The van der Waals surface area contributed by atoms with Crippen molar-refractivity contribution in [3.63, 3.8) is 0 Å². The van der Waals surface area contributed by atoms with E-state index in [-0.39, 0.29) is 18.9 Å². The number of fused-ring (bicyclic) bond motifs is 3. The zero-order valence-electron chi connectivity index (χ0n) is 20.4. The first-order chi connectivity index (χ1) is 18.0. The van der Waals surface area contributed by atoms with E-state index in [0.29, 0.717) is 0 Å². The zero-order chi connectivity index (χ0) is 25.8. The summed E-state index contributed by atoms with van der Waals surface area (Å²) < 4.78 is 10.9. The molecular weight excluding hydrogens is 466 g/mol. The molecule has 0 spiro atoms. The average molecular weight is 494 g/mol. The molecule has 0 bridgehead atoms. The number of carboxylic acid groups (broad SMARTS) is 1. The van der Waals surface area contributed by atoms with Gasteiger partial charge in [0.25, 0.3) is 0 Å². The highest BCUT2D eigenvalue weighted by molar-refractivity contribution is 5.81. The molecular formula is C31H27NO5. The lowest BCUT2D eigenvalue weighted by Crippen LogP contribution is -2.42. The van der Waals surface area contributed by atoms with E-state index in [1.807, 2.05) is 84.9 Å². The number of carbonyl (C=O) groups excluding carboxylic acids is 1. The Hall–Kier alpha value is -4.58. The summed E-state index contributed by atoms with van der Waals surface area (Å²) >= 11 is 0. The number of amides is 1. The van der Waals surface area contributed by atoms with Crippen LogP contribution in [0.2, 0.25) is 0 Å². The number of aliphatic carboxylic acids is 1. The molecule has 5 rings (SSSR count). The van der Waals surface area contributed by atoms with Gasteiger partial charge in [-0.2, -0.15) is 0 Å². The van der Waals surface area contributed by atoms with Crippen molar-refractivity contribution in [2.75, 3.05) is 13.7 Å². The van der Waals surface area contributed by atoms with Gasteiger partial charge in [0, 0.05) is 12.3 Å². The maximum Gasteiger partial charge on any atom is 0.407 e. The minimum Gasteiger partial charge on any atom is -0.497 e. The maximum atomic E-state index is 12.7. The maximum absolute atomic E-state index is 12.7. The molecule has 0 saturated heterocycles. The number of hydrogen-bond donors (Lipinski definition) is 2. The number of alkyl carbamates (subject to hydrolysis) is 1. The second-order valence-corrected chi connectivity index (χ2v) is 9.00. The summed E-state index contributed by atoms with van der Waals surface area (Å²) in [6.45, 7) is 0.123. The number of benzene rings is 4. The van der Waals surface area contributed by atoms with Crippen molar-refractivity contribution in [1.29, 1.82) is 0 Å². The summed E-state index contributed by atoms with van der Waals surface area (Å²) in [6, 6.07) is 30.2. The second-order valence-electron chi connectivity index (χ2n) is 9.00. The number of rotatable bonds is 8. The van der Waals surface area contributed by atoms with Crippen LogP contribution in [0.25, 0.3) is 22.3 Å². The summed E-state index contributed by atoms with van der Waals surface area (Å²) in [5.41, 5.74) is 7.13. The highest BCUT2D eigenvalue weighted by Crippen LogP contribution is 2.44. The van der Waals surface area contributed by atoms with Gasteiger partial charge in [-0.1, -0.05) is 84.9 Å². The van der Waals surface area contributed by atoms with Crippen molar-refractivity contribution in [2.24, 2.45) is 0 Å². The molecule has 6 nitrogen and oxygen atoms in total. The van der Waals surface area contributed by atoms with Crippen LogP contribution in [-0.2, 0) is 16.0 Å². The minimum absolute atomic E-state index is 0.0963. The van der Waals surface area contributed by atoms with Gasteiger partial charge in [0.15, 0.2) is 0 Å². The lowest BCUT2D eigenvalue weighted by Gasteiger charge is -2.18. The SMILES string of the molecule is COc1cccc(-c2cccc(CC(NC(=O)OCC3c4ccccc4-c4ccccc43)C(=O)O)c2)c1. The van der Waals surface area contributed by atoms with Crippen LogP contribution in [0.5, 0.6) is 5.75 Å². The monoisotopic (exact) mass is 493 g/mol. The zero-order valence-corrected chi connectivity index (χ0v) is 20.4. The number of carbonyl (C=O) groups is 2. The number of hydrogen-bond acceptors (Lipinski definition) is 4. The summed E-state index contributed by atoms with van der Waals surface area (Å²) in [6.07, 6.45) is -0.629. The van der Waals surface area contributed by atoms with Crippen LogP contribution in [0.15, 0.2) is 97.1 Å². The highest BCUT2D eigenvalue weighted by Gasteiger charge is 2.29. The second kappa shape index (κ2) is 10.6. The fourth-order valence-electron chi connectivity index (χ4n) is 4.90. The lowest BCUT2D eigenvalue weighted by molar-refractivity contribution is -0.139. The van der Waals surface area contributed by atoms with Crippen molar-refractivity contribution in [3.05, 3.63) is 114 Å². The molecule has 37 heavy (non-hydrogen) atoms. The van der Waals surface area contributed by atoms with Crippen molar-refractivity contribution < 1.29 is 24.2 Å². The van der Waals surface area contributed by atoms with E-state index in [9.17, 15) is 14.7 Å². The molecule has 0 radical (unpaired) electrons. The molecule has 0 saturated carbocycles. The third-order valence-corrected chi connectivity index (χ3v) is 6.70. The van der Waals surface area contributed by atoms with Crippen molar-refractivity contribution in [2.45, 2.75) is 18.4 Å². The molecule has 1 aliphatic rings. The van der Waals surface area contributed by atoms with Gasteiger partial charge in [-0.05, 0) is 51.1 Å². The molecule has 0 heterocycles. The molecule has 6 heteroatoms. The molecule has 0 aromatic heterocycles. The predicted molar refractivity (Wildman–Crippen MR) is 142 cm³/mol. The molecule has 186 valence electrons. The van der Waals surface area contributed by atoms with E-state index in [4.69, 9.17) is 9.47 Å². The largest absolute Gasteiger partial charge is 0.497 e. The smallest absolute Gasteiger partial charge is 0.407 e. The van der Waals surface area contributed by atoms with Gasteiger partial charge in [-0.25, -0.2) is 9.59 Å². The first kappa shape index (κ1) is 24.1. The molecule has 2 N–H and O–H groups in total. The predicted octanol–water partition coefficient (Wildman–Crippen LogP) is 5.90. The van der Waals surface area contributed by atoms with Crippen LogP contribution >= 0.6 is 0 Å². The van der Waals surface area contributed by atoms with E-state index in [1.165, 1.54) is 0 Å². The lowest BCUT2D eigenvalue weighted by atomic mass is 9.98. The summed E-state index contributed by atoms with van der Waals surface area (Å²) in [4.78, 5) is 24.7. The van der Waals surface area contributed by atoms with Crippen LogP contribution < -0.4 is 10.1 Å². The van der Waals surface area contributed by atoms with E-state index in [0.717, 1.165) is 44.7 Å². The Morgan fingerprint density at radius 3 is 2.11 bits per heavy atom. The molecule has 0 aliphatic heterocycles. The first-order valence-electron chi connectivity index (χ1n) is 12.1. The van der Waals surface area contributed by atoms with E-state index in [1.54, 1.807) is 7.11 Å². The van der Waals surface area contributed by atoms with Gasteiger partial charge in [-0.3, -0.25) is 0 Å². The topological polar surface area (TPSA) is 84.9 Å². The van der Waals surface area contributed by atoms with Gasteiger partial charge in [0.05, 0.1) is 7.11 Å². The van der Waals surface area contributed by atoms with Crippen LogP contribution in [-0.4, -0.2) is 36.9 Å². The number of carboxylic acids is 1. The fraction of sp³-hybridized carbons (Fsp3) is 0.161. The first-order valence-corrected chi connectivity index (χ1v) is 12.1. The fourth-order valence-corrected chi connectivity index (χ4v) is 4.90. The summed E-state index contributed by atoms with van der Waals surface area (Å²) in [7, 11) is 1.61. The van der Waals surface area contributed by atoms with Gasteiger partial charge >= 0.3 is 12.1 Å². The molecule has 4 aromatic rings. The van der Waals surface area contributed by atoms with E-state index in [2.05, 4.69) is 17.4 Å². The Balaban J connectivity index is 1.26. The van der Waals surface area contributed by atoms with Crippen LogP contribution in [0.1, 0.15) is 22.6 Å². The molecule has 1 amide bonds. The molecule has 4 aromatic carbocycles. The van der Waals surface area contributed by atoms with Gasteiger partial charge in [0.1, 0.15) is 18.4 Å².